The topological polar surface area (TPSA) is 63.1 Å². The summed E-state index contributed by atoms with van der Waals surface area (Å²) in [4.78, 5) is 23.8. The van der Waals surface area contributed by atoms with E-state index in [0.29, 0.717) is 18.7 Å². The molecule has 0 spiro atoms. The third-order valence-electron chi connectivity index (χ3n) is 5.08. The zero-order chi connectivity index (χ0) is 21.1. The number of hydrogen-bond donors (Lipinski definition) is 1. The van der Waals surface area contributed by atoms with Crippen molar-refractivity contribution in [1.29, 1.82) is 0 Å². The van der Waals surface area contributed by atoms with Gasteiger partial charge in [0, 0.05) is 50.2 Å². The molecule has 2 aromatic heterocycles. The Kier molecular flexibility index (Phi) is 5.48. The van der Waals surface area contributed by atoms with Crippen LogP contribution in [0.1, 0.15) is 15.9 Å². The molecule has 0 aliphatic rings. The van der Waals surface area contributed by atoms with E-state index in [-0.39, 0.29) is 5.91 Å². The highest BCUT2D eigenvalue weighted by Crippen LogP contribution is 2.23. The lowest BCUT2D eigenvalue weighted by Crippen LogP contribution is -2.27. The number of nitrogens with one attached hydrogen (secondary N) is 1. The lowest BCUT2D eigenvalue weighted by molar-refractivity contribution is 0.0952. The number of benzene rings is 2. The molecule has 4 aromatic rings. The number of fused-ring (bicyclic) bond motifs is 1. The highest BCUT2D eigenvalue weighted by Gasteiger charge is 2.14. The van der Waals surface area contributed by atoms with Crippen LogP contribution in [0.3, 0.4) is 0 Å². The molecular formula is C24H25N5O. The number of nitrogens with zero attached hydrogens (tertiary/aromatic N) is 4. The molecule has 0 saturated carbocycles. The van der Waals surface area contributed by atoms with E-state index in [1.807, 2.05) is 55.4 Å². The minimum atomic E-state index is -0.0884. The molecule has 0 aliphatic carbocycles. The maximum atomic E-state index is 12.5. The van der Waals surface area contributed by atoms with Crippen LogP contribution in [-0.2, 0) is 6.54 Å². The minimum Gasteiger partial charge on any atom is -0.378 e. The fourth-order valence-corrected chi connectivity index (χ4v) is 3.39. The fourth-order valence-electron chi connectivity index (χ4n) is 3.39. The fraction of sp³-hybridized carbons (Fsp3) is 0.208. The summed E-state index contributed by atoms with van der Waals surface area (Å²) in [6.07, 6.45) is 1.77. The van der Waals surface area contributed by atoms with Crippen LogP contribution in [0.5, 0.6) is 0 Å². The Morgan fingerprint density at radius 1 is 1.03 bits per heavy atom. The molecule has 1 N–H and O–H groups in total. The van der Waals surface area contributed by atoms with Crippen molar-refractivity contribution < 1.29 is 4.79 Å². The largest absolute Gasteiger partial charge is 0.378 e. The van der Waals surface area contributed by atoms with Crippen LogP contribution in [0.4, 0.5) is 5.69 Å². The molecule has 0 radical (unpaired) electrons. The molecule has 0 saturated heterocycles. The van der Waals surface area contributed by atoms with Crippen molar-refractivity contribution in [3.63, 3.8) is 0 Å². The monoisotopic (exact) mass is 399 g/mol. The summed E-state index contributed by atoms with van der Waals surface area (Å²) >= 11 is 0. The second kappa shape index (κ2) is 8.37. The predicted molar refractivity (Wildman–Crippen MR) is 121 cm³/mol. The van der Waals surface area contributed by atoms with E-state index in [0.717, 1.165) is 28.2 Å². The first-order chi connectivity index (χ1) is 14.5. The molecule has 2 aromatic carbocycles. The quantitative estimate of drug-likeness (QED) is 0.534. The van der Waals surface area contributed by atoms with Gasteiger partial charge >= 0.3 is 0 Å². The minimum absolute atomic E-state index is 0.0884. The molecule has 2 heterocycles. The number of aromatic nitrogens is 3. The van der Waals surface area contributed by atoms with Gasteiger partial charge in [0.1, 0.15) is 11.3 Å². The number of aryl methyl sites for hydroxylation is 1. The highest BCUT2D eigenvalue weighted by molar-refractivity contribution is 5.94. The van der Waals surface area contributed by atoms with Gasteiger partial charge in [-0.15, -0.1) is 0 Å². The van der Waals surface area contributed by atoms with Gasteiger partial charge in [-0.1, -0.05) is 29.8 Å². The molecule has 0 atom stereocenters. The Labute approximate surface area is 176 Å². The average molecular weight is 399 g/mol. The molecule has 4 rings (SSSR count). The van der Waals surface area contributed by atoms with Crippen LogP contribution in [0.2, 0.25) is 0 Å². The Balaban J connectivity index is 1.52. The van der Waals surface area contributed by atoms with Crippen LogP contribution in [-0.4, -0.2) is 41.1 Å². The van der Waals surface area contributed by atoms with Gasteiger partial charge in [-0.25, -0.2) is 9.97 Å². The van der Waals surface area contributed by atoms with Gasteiger partial charge in [0.15, 0.2) is 5.65 Å². The first-order valence-electron chi connectivity index (χ1n) is 9.97. The zero-order valence-corrected chi connectivity index (χ0v) is 17.5. The molecule has 0 unspecified atom stereocenters. The predicted octanol–water partition coefficient (Wildman–Crippen LogP) is 3.90. The molecule has 0 aliphatic heterocycles. The maximum Gasteiger partial charge on any atom is 0.251 e. The molecule has 0 bridgehead atoms. The summed E-state index contributed by atoms with van der Waals surface area (Å²) < 4.78 is 2.06. The van der Waals surface area contributed by atoms with E-state index in [1.165, 1.54) is 5.56 Å². The third kappa shape index (κ3) is 4.03. The standard InChI is InChI=1S/C24H25N5O/c1-17-6-8-18(9-7-17)22-27-21-5-4-14-25-23(21)29(22)16-15-26-24(30)19-10-12-20(13-11-19)28(2)3/h4-14H,15-16H2,1-3H3,(H,26,30). The Morgan fingerprint density at radius 3 is 2.47 bits per heavy atom. The van der Waals surface area contributed by atoms with Crippen LogP contribution in [0, 0.1) is 6.92 Å². The normalized spacial score (nSPS) is 10.9. The number of carbonyl (C=O) groups excluding carboxylic acids is 1. The lowest BCUT2D eigenvalue weighted by atomic mass is 10.1. The number of imidazole rings is 1. The summed E-state index contributed by atoms with van der Waals surface area (Å²) in [5, 5.41) is 3.01. The number of hydrogen-bond acceptors (Lipinski definition) is 4. The van der Waals surface area contributed by atoms with Gasteiger partial charge < -0.3 is 14.8 Å². The Hall–Kier alpha value is -3.67. The number of pyridine rings is 1. The maximum absolute atomic E-state index is 12.5. The molecule has 6 nitrogen and oxygen atoms in total. The van der Waals surface area contributed by atoms with Crippen LogP contribution >= 0.6 is 0 Å². The lowest BCUT2D eigenvalue weighted by Gasteiger charge is -2.13. The van der Waals surface area contributed by atoms with Crippen LogP contribution < -0.4 is 10.2 Å². The van der Waals surface area contributed by atoms with Crippen molar-refractivity contribution >= 4 is 22.8 Å². The number of carbonyl (C=O) groups is 1. The summed E-state index contributed by atoms with van der Waals surface area (Å²) in [7, 11) is 3.95. The van der Waals surface area contributed by atoms with Crippen molar-refractivity contribution in [3.8, 4) is 11.4 Å². The molecule has 152 valence electrons. The third-order valence-corrected chi connectivity index (χ3v) is 5.08. The second-order valence-corrected chi connectivity index (χ2v) is 7.50. The van der Waals surface area contributed by atoms with Crippen molar-refractivity contribution in [3.05, 3.63) is 78.0 Å². The molecule has 0 fully saturated rings. The summed E-state index contributed by atoms with van der Waals surface area (Å²) in [5.41, 5.74) is 5.60. The van der Waals surface area contributed by atoms with Gasteiger partial charge in [-0.3, -0.25) is 4.79 Å². The van der Waals surface area contributed by atoms with E-state index in [2.05, 4.69) is 46.1 Å². The molecular weight excluding hydrogens is 374 g/mol. The van der Waals surface area contributed by atoms with E-state index in [4.69, 9.17) is 4.98 Å². The average Bonchev–Trinajstić information content (AvgIpc) is 3.13. The summed E-state index contributed by atoms with van der Waals surface area (Å²) in [6, 6.07) is 19.7. The zero-order valence-electron chi connectivity index (χ0n) is 17.5. The van der Waals surface area contributed by atoms with Gasteiger partial charge in [0.25, 0.3) is 5.91 Å². The Morgan fingerprint density at radius 2 is 1.77 bits per heavy atom. The van der Waals surface area contributed by atoms with Crippen molar-refractivity contribution in [2.45, 2.75) is 13.5 Å². The smallest absolute Gasteiger partial charge is 0.251 e. The van der Waals surface area contributed by atoms with Crippen molar-refractivity contribution in [2.75, 3.05) is 25.5 Å². The Bertz CT molecular complexity index is 1160. The van der Waals surface area contributed by atoms with Crippen molar-refractivity contribution in [1.82, 2.24) is 19.9 Å². The van der Waals surface area contributed by atoms with Crippen LogP contribution in [0.25, 0.3) is 22.6 Å². The second-order valence-electron chi connectivity index (χ2n) is 7.50. The summed E-state index contributed by atoms with van der Waals surface area (Å²) in [5.74, 6) is 0.767. The van der Waals surface area contributed by atoms with Crippen LogP contribution in [0.15, 0.2) is 66.9 Å². The van der Waals surface area contributed by atoms with E-state index in [9.17, 15) is 4.79 Å². The first kappa shape index (κ1) is 19.6. The van der Waals surface area contributed by atoms with Crippen molar-refractivity contribution in [2.24, 2.45) is 0 Å². The van der Waals surface area contributed by atoms with E-state index in [1.54, 1.807) is 6.20 Å². The number of amides is 1. The molecule has 6 heteroatoms. The van der Waals surface area contributed by atoms with Gasteiger partial charge in [0.05, 0.1) is 0 Å². The SMILES string of the molecule is Cc1ccc(-c2nc3cccnc3n2CCNC(=O)c2ccc(N(C)C)cc2)cc1. The van der Waals surface area contributed by atoms with E-state index >= 15 is 0 Å². The number of anilines is 1. The van der Waals surface area contributed by atoms with Gasteiger partial charge in [-0.05, 0) is 43.3 Å². The van der Waals surface area contributed by atoms with Gasteiger partial charge in [-0.2, -0.15) is 0 Å². The molecule has 1 amide bonds. The van der Waals surface area contributed by atoms with E-state index < -0.39 is 0 Å². The summed E-state index contributed by atoms with van der Waals surface area (Å²) in [6.45, 7) is 3.13. The molecule has 30 heavy (non-hydrogen) atoms. The number of rotatable bonds is 6. The first-order valence-corrected chi connectivity index (χ1v) is 9.97. The highest BCUT2D eigenvalue weighted by atomic mass is 16.1. The van der Waals surface area contributed by atoms with Gasteiger partial charge in [0.2, 0.25) is 0 Å².